The van der Waals surface area contributed by atoms with Gasteiger partial charge in [-0.1, -0.05) is 0 Å². The van der Waals surface area contributed by atoms with Crippen LogP contribution < -0.4 is 20.5 Å². The van der Waals surface area contributed by atoms with Crippen LogP contribution in [-0.4, -0.2) is 40.1 Å². The zero-order valence-corrected chi connectivity index (χ0v) is 15.4. The van der Waals surface area contributed by atoms with Gasteiger partial charge in [0.05, 0.1) is 7.11 Å². The summed E-state index contributed by atoms with van der Waals surface area (Å²) in [5, 5.41) is 2.72. The Bertz CT molecular complexity index is 675. The molecule has 1 amide bonds. The minimum atomic E-state index is -3.70. The van der Waals surface area contributed by atoms with E-state index in [2.05, 4.69) is 10.0 Å². The molecule has 1 aliphatic carbocycles. The van der Waals surface area contributed by atoms with Crippen LogP contribution in [0, 0.1) is 0 Å². The molecule has 24 heavy (non-hydrogen) atoms. The molecule has 0 spiro atoms. The summed E-state index contributed by atoms with van der Waals surface area (Å²) in [6.07, 6.45) is 2.31. The molecule has 1 saturated carbocycles. The Labute approximate surface area is 148 Å². The summed E-state index contributed by atoms with van der Waals surface area (Å²) in [5.74, 6) is -0.124. The second-order valence-corrected chi connectivity index (χ2v) is 7.47. The highest BCUT2D eigenvalue weighted by molar-refractivity contribution is 7.89. The lowest BCUT2D eigenvalue weighted by Crippen LogP contribution is -2.30. The molecule has 1 aromatic carbocycles. The molecular formula is C15H24ClN3O4S. The van der Waals surface area contributed by atoms with Crippen LogP contribution in [0.4, 0.5) is 0 Å². The molecule has 1 fully saturated rings. The van der Waals surface area contributed by atoms with Crippen molar-refractivity contribution in [3.63, 3.8) is 0 Å². The maximum atomic E-state index is 12.4. The monoisotopic (exact) mass is 377 g/mol. The SMILES string of the molecule is COc1ccc(C(=O)NCCC(C)N)cc1S(=O)(=O)NC1CC1.Cl. The highest BCUT2D eigenvalue weighted by Crippen LogP contribution is 2.28. The lowest BCUT2D eigenvalue weighted by Gasteiger charge is -2.12. The van der Waals surface area contributed by atoms with Gasteiger partial charge in [0.2, 0.25) is 10.0 Å². The van der Waals surface area contributed by atoms with Gasteiger partial charge in [-0.2, -0.15) is 0 Å². The fourth-order valence-electron chi connectivity index (χ4n) is 2.03. The van der Waals surface area contributed by atoms with E-state index in [4.69, 9.17) is 10.5 Å². The summed E-state index contributed by atoms with van der Waals surface area (Å²) < 4.78 is 32.5. The molecule has 0 aliphatic heterocycles. The van der Waals surface area contributed by atoms with Crippen LogP contribution in [0.2, 0.25) is 0 Å². The smallest absolute Gasteiger partial charge is 0.251 e. The van der Waals surface area contributed by atoms with Crippen LogP contribution in [0.15, 0.2) is 23.1 Å². The van der Waals surface area contributed by atoms with E-state index in [-0.39, 0.29) is 46.6 Å². The number of nitrogens with two attached hydrogens (primary N) is 1. The van der Waals surface area contributed by atoms with E-state index in [9.17, 15) is 13.2 Å². The van der Waals surface area contributed by atoms with Gasteiger partial charge in [0.25, 0.3) is 5.91 Å². The van der Waals surface area contributed by atoms with E-state index >= 15 is 0 Å². The highest BCUT2D eigenvalue weighted by Gasteiger charge is 2.30. The van der Waals surface area contributed by atoms with Gasteiger partial charge in [-0.05, 0) is 44.4 Å². The molecule has 1 atom stereocenters. The highest BCUT2D eigenvalue weighted by atomic mass is 35.5. The van der Waals surface area contributed by atoms with Gasteiger partial charge in [-0.15, -0.1) is 12.4 Å². The number of nitrogens with one attached hydrogen (secondary N) is 2. The quantitative estimate of drug-likeness (QED) is 0.626. The van der Waals surface area contributed by atoms with E-state index in [1.165, 1.54) is 25.3 Å². The van der Waals surface area contributed by atoms with Crippen molar-refractivity contribution in [1.29, 1.82) is 0 Å². The van der Waals surface area contributed by atoms with Gasteiger partial charge >= 0.3 is 0 Å². The molecule has 0 radical (unpaired) electrons. The number of rotatable bonds is 8. The molecule has 0 bridgehead atoms. The number of amides is 1. The van der Waals surface area contributed by atoms with Crippen molar-refractivity contribution in [1.82, 2.24) is 10.0 Å². The maximum Gasteiger partial charge on any atom is 0.251 e. The Hall–Kier alpha value is -1.35. The van der Waals surface area contributed by atoms with Crippen LogP contribution in [0.5, 0.6) is 5.75 Å². The molecule has 0 heterocycles. The topological polar surface area (TPSA) is 111 Å². The number of benzene rings is 1. The van der Waals surface area contributed by atoms with Gasteiger partial charge in [0.1, 0.15) is 10.6 Å². The van der Waals surface area contributed by atoms with E-state index in [1.807, 2.05) is 6.92 Å². The second-order valence-electron chi connectivity index (χ2n) is 5.78. The Kier molecular flexibility index (Phi) is 7.47. The van der Waals surface area contributed by atoms with Crippen molar-refractivity contribution in [3.05, 3.63) is 23.8 Å². The minimum absolute atomic E-state index is 0. The number of carbonyl (C=O) groups excluding carboxylic acids is 1. The van der Waals surface area contributed by atoms with Crippen molar-refractivity contribution < 1.29 is 17.9 Å². The lowest BCUT2D eigenvalue weighted by atomic mass is 10.2. The molecule has 0 saturated heterocycles. The van der Waals surface area contributed by atoms with E-state index < -0.39 is 10.0 Å². The molecule has 9 heteroatoms. The van der Waals surface area contributed by atoms with Crippen LogP contribution in [0.25, 0.3) is 0 Å². The molecule has 7 nitrogen and oxygen atoms in total. The first kappa shape index (κ1) is 20.7. The van der Waals surface area contributed by atoms with Crippen LogP contribution in [-0.2, 0) is 10.0 Å². The summed E-state index contributed by atoms with van der Waals surface area (Å²) in [4.78, 5) is 12.1. The van der Waals surface area contributed by atoms with Gasteiger partial charge in [-0.25, -0.2) is 13.1 Å². The molecule has 2 rings (SSSR count). The molecular weight excluding hydrogens is 354 g/mol. The maximum absolute atomic E-state index is 12.4. The Balaban J connectivity index is 0.00000288. The van der Waals surface area contributed by atoms with Gasteiger partial charge in [0.15, 0.2) is 0 Å². The van der Waals surface area contributed by atoms with Crippen LogP contribution in [0.1, 0.15) is 36.5 Å². The third-order valence-electron chi connectivity index (χ3n) is 3.50. The van der Waals surface area contributed by atoms with E-state index in [1.54, 1.807) is 0 Å². The second kappa shape index (κ2) is 8.66. The molecule has 1 aliphatic rings. The van der Waals surface area contributed by atoms with Crippen molar-refractivity contribution in [2.75, 3.05) is 13.7 Å². The van der Waals surface area contributed by atoms with Crippen molar-refractivity contribution in [3.8, 4) is 5.75 Å². The van der Waals surface area contributed by atoms with E-state index in [0.29, 0.717) is 13.0 Å². The number of methoxy groups -OCH3 is 1. The number of sulfonamides is 1. The fraction of sp³-hybridized carbons (Fsp3) is 0.533. The number of halogens is 1. The molecule has 0 aromatic heterocycles. The zero-order valence-electron chi connectivity index (χ0n) is 13.7. The summed E-state index contributed by atoms with van der Waals surface area (Å²) in [5.41, 5.74) is 5.90. The van der Waals surface area contributed by atoms with Crippen molar-refractivity contribution in [2.45, 2.75) is 43.2 Å². The summed E-state index contributed by atoms with van der Waals surface area (Å²) >= 11 is 0. The first-order valence-electron chi connectivity index (χ1n) is 7.57. The number of hydrogen-bond donors (Lipinski definition) is 3. The van der Waals surface area contributed by atoms with Gasteiger partial charge < -0.3 is 15.8 Å². The molecule has 1 aromatic rings. The Morgan fingerprint density at radius 2 is 2.08 bits per heavy atom. The Morgan fingerprint density at radius 1 is 1.42 bits per heavy atom. The Morgan fingerprint density at radius 3 is 2.62 bits per heavy atom. The zero-order chi connectivity index (χ0) is 17.0. The van der Waals surface area contributed by atoms with E-state index in [0.717, 1.165) is 12.8 Å². The summed E-state index contributed by atoms with van der Waals surface area (Å²) in [7, 11) is -2.31. The fourth-order valence-corrected chi connectivity index (χ4v) is 3.53. The standard InChI is InChI=1S/C15H23N3O4S.ClH/c1-10(16)7-8-17-15(19)11-3-6-13(22-2)14(9-11)23(20,21)18-12-4-5-12;/h3,6,9-10,12,18H,4-5,7-8,16H2,1-2H3,(H,17,19);1H. The minimum Gasteiger partial charge on any atom is -0.495 e. The van der Waals surface area contributed by atoms with Crippen molar-refractivity contribution in [2.24, 2.45) is 5.73 Å². The number of hydrogen-bond acceptors (Lipinski definition) is 5. The van der Waals surface area contributed by atoms with Crippen LogP contribution >= 0.6 is 12.4 Å². The first-order chi connectivity index (χ1) is 10.8. The molecule has 1 unspecified atom stereocenters. The predicted molar refractivity (Wildman–Crippen MR) is 94.2 cm³/mol. The molecule has 136 valence electrons. The average Bonchev–Trinajstić information content (AvgIpc) is 3.29. The summed E-state index contributed by atoms with van der Waals surface area (Å²) in [6, 6.07) is 4.33. The predicted octanol–water partition coefficient (Wildman–Crippen LogP) is 1.02. The first-order valence-corrected chi connectivity index (χ1v) is 9.06. The summed E-state index contributed by atoms with van der Waals surface area (Å²) in [6.45, 7) is 2.29. The van der Waals surface area contributed by atoms with Gasteiger partial charge in [0, 0.05) is 24.2 Å². The molecule has 4 N–H and O–H groups in total. The lowest BCUT2D eigenvalue weighted by molar-refractivity contribution is 0.0952. The number of ether oxygens (including phenoxy) is 1. The van der Waals surface area contributed by atoms with Crippen LogP contribution in [0.3, 0.4) is 0 Å². The number of carbonyl (C=O) groups is 1. The normalized spacial score (nSPS) is 15.3. The van der Waals surface area contributed by atoms with Gasteiger partial charge in [-0.3, -0.25) is 4.79 Å². The van der Waals surface area contributed by atoms with Crippen molar-refractivity contribution >= 4 is 28.3 Å². The largest absolute Gasteiger partial charge is 0.495 e. The third kappa shape index (κ3) is 5.62. The average molecular weight is 378 g/mol. The third-order valence-corrected chi connectivity index (χ3v) is 5.04.